The zero-order valence-corrected chi connectivity index (χ0v) is 11.8. The maximum Gasteiger partial charge on any atom is 0.179 e. The summed E-state index contributed by atoms with van der Waals surface area (Å²) < 4.78 is 10.4. The van der Waals surface area contributed by atoms with Crippen LogP contribution in [0.2, 0.25) is 0 Å². The minimum Gasteiger partial charge on any atom is -0.381 e. The predicted molar refractivity (Wildman–Crippen MR) is 72.4 cm³/mol. The molecule has 5 nitrogen and oxygen atoms in total. The van der Waals surface area contributed by atoms with Gasteiger partial charge >= 0.3 is 0 Å². The summed E-state index contributed by atoms with van der Waals surface area (Å²) in [4.78, 5) is 3.29. The largest absolute Gasteiger partial charge is 0.381 e. The van der Waals surface area contributed by atoms with E-state index in [-0.39, 0.29) is 0 Å². The summed E-state index contributed by atoms with van der Waals surface area (Å²) in [5.41, 5.74) is 3.21. The maximum atomic E-state index is 5.45. The number of H-pyrrole nitrogens is 1. The Hall–Kier alpha value is -1.14. The molecular formula is C12H18N4OS. The van der Waals surface area contributed by atoms with Crippen LogP contribution in [-0.4, -0.2) is 32.5 Å². The van der Waals surface area contributed by atoms with E-state index in [1.807, 2.05) is 11.6 Å². The predicted octanol–water partition coefficient (Wildman–Crippen LogP) is 2.57. The van der Waals surface area contributed by atoms with Crippen LogP contribution in [0, 0.1) is 11.7 Å². The number of nitrogens with zero attached hydrogens (tertiary/aromatic N) is 3. The van der Waals surface area contributed by atoms with Crippen molar-refractivity contribution in [3.63, 3.8) is 0 Å². The Morgan fingerprint density at radius 2 is 2.22 bits per heavy atom. The third kappa shape index (κ3) is 1.55. The zero-order chi connectivity index (χ0) is 12.9. The minimum atomic E-state index is 0.376. The highest BCUT2D eigenvalue weighted by molar-refractivity contribution is 7.71. The van der Waals surface area contributed by atoms with Crippen molar-refractivity contribution < 1.29 is 4.74 Å². The third-order valence-corrected chi connectivity index (χ3v) is 4.15. The van der Waals surface area contributed by atoms with Crippen molar-refractivity contribution in [2.24, 2.45) is 0 Å². The molecule has 0 spiro atoms. The Balaban J connectivity index is 2.11. The fraction of sp³-hybridized carbons (Fsp3) is 0.667. The summed E-state index contributed by atoms with van der Waals surface area (Å²) in [5, 5.41) is 4.54. The number of imidazole rings is 1. The second-order valence-electron chi connectivity index (χ2n) is 4.88. The zero-order valence-electron chi connectivity index (χ0n) is 10.9. The molecular weight excluding hydrogens is 248 g/mol. The molecule has 18 heavy (non-hydrogen) atoms. The summed E-state index contributed by atoms with van der Waals surface area (Å²) in [6.45, 7) is 4.98. The number of hydrogen-bond acceptors (Lipinski definition) is 3. The molecule has 0 unspecified atom stereocenters. The molecule has 0 saturated heterocycles. The third-order valence-electron chi connectivity index (χ3n) is 3.85. The molecule has 0 amide bonds. The highest BCUT2D eigenvalue weighted by atomic mass is 32.1. The van der Waals surface area contributed by atoms with Gasteiger partial charge in [-0.1, -0.05) is 0 Å². The Labute approximate surface area is 111 Å². The van der Waals surface area contributed by atoms with E-state index >= 15 is 0 Å². The van der Waals surface area contributed by atoms with Crippen molar-refractivity contribution >= 4 is 23.4 Å². The van der Waals surface area contributed by atoms with Crippen molar-refractivity contribution in [1.82, 2.24) is 19.3 Å². The summed E-state index contributed by atoms with van der Waals surface area (Å²) in [7, 11) is 1.77. The van der Waals surface area contributed by atoms with Crippen LogP contribution in [0.1, 0.15) is 31.5 Å². The molecule has 98 valence electrons. The van der Waals surface area contributed by atoms with Gasteiger partial charge in [-0.2, -0.15) is 5.10 Å². The van der Waals surface area contributed by atoms with Gasteiger partial charge in [0, 0.05) is 19.7 Å². The molecule has 0 bridgehead atoms. The molecule has 1 saturated carbocycles. The fourth-order valence-electron chi connectivity index (χ4n) is 2.72. The fourth-order valence-corrected chi connectivity index (χ4v) is 3.06. The quantitative estimate of drug-likeness (QED) is 0.869. The molecule has 1 aliphatic carbocycles. The van der Waals surface area contributed by atoms with E-state index in [0.717, 1.165) is 41.0 Å². The van der Waals surface area contributed by atoms with Gasteiger partial charge in [0.15, 0.2) is 10.4 Å². The first kappa shape index (κ1) is 11.9. The topological polar surface area (TPSA) is 47.8 Å². The lowest BCUT2D eigenvalue weighted by Gasteiger charge is -2.35. The number of methoxy groups -OCH3 is 1. The summed E-state index contributed by atoms with van der Waals surface area (Å²) in [6.07, 6.45) is 2.44. The van der Waals surface area contributed by atoms with E-state index in [0.29, 0.717) is 12.1 Å². The number of hydrogen-bond donors (Lipinski definition) is 1. The van der Waals surface area contributed by atoms with Crippen LogP contribution in [-0.2, 0) is 11.3 Å². The molecule has 6 heteroatoms. The van der Waals surface area contributed by atoms with Gasteiger partial charge in [-0.15, -0.1) is 0 Å². The number of aromatic amines is 1. The van der Waals surface area contributed by atoms with Crippen molar-refractivity contribution in [3.05, 3.63) is 10.5 Å². The smallest absolute Gasteiger partial charge is 0.179 e. The number of fused-ring (bicyclic) bond motifs is 1. The van der Waals surface area contributed by atoms with Crippen molar-refractivity contribution in [3.8, 4) is 0 Å². The van der Waals surface area contributed by atoms with E-state index in [4.69, 9.17) is 17.0 Å². The average molecular weight is 266 g/mol. The SMILES string of the molecule is CCn1nc(C)c2[nH]c(=S)n(C3CC(OC)C3)c21. The number of rotatable bonds is 3. The second kappa shape index (κ2) is 4.20. The van der Waals surface area contributed by atoms with Crippen LogP contribution >= 0.6 is 12.2 Å². The standard InChI is InChI=1S/C12H18N4OS/c1-4-15-11-10(7(2)14-15)13-12(18)16(11)8-5-9(6-8)17-3/h8-9H,4-6H2,1-3H3,(H,13,18). The first-order valence-corrected chi connectivity index (χ1v) is 6.77. The average Bonchev–Trinajstić information content (AvgIpc) is 2.77. The number of ether oxygens (including phenoxy) is 1. The van der Waals surface area contributed by atoms with Crippen molar-refractivity contribution in [2.45, 2.75) is 45.4 Å². The molecule has 2 aromatic rings. The first-order valence-electron chi connectivity index (χ1n) is 6.36. The van der Waals surface area contributed by atoms with Gasteiger partial charge in [-0.3, -0.25) is 4.57 Å². The second-order valence-corrected chi connectivity index (χ2v) is 5.27. The molecule has 2 heterocycles. The van der Waals surface area contributed by atoms with Crippen LogP contribution in [0.3, 0.4) is 0 Å². The van der Waals surface area contributed by atoms with Crippen LogP contribution < -0.4 is 0 Å². The van der Waals surface area contributed by atoms with Crippen LogP contribution in [0.15, 0.2) is 0 Å². The molecule has 2 aromatic heterocycles. The van der Waals surface area contributed by atoms with Gasteiger partial charge < -0.3 is 9.72 Å². The normalized spacial score (nSPS) is 23.5. The van der Waals surface area contributed by atoms with Gasteiger partial charge in [-0.05, 0) is 38.9 Å². The van der Waals surface area contributed by atoms with E-state index in [1.54, 1.807) is 7.11 Å². The van der Waals surface area contributed by atoms with E-state index in [1.165, 1.54) is 0 Å². The molecule has 0 radical (unpaired) electrons. The highest BCUT2D eigenvalue weighted by Crippen LogP contribution is 2.37. The lowest BCUT2D eigenvalue weighted by molar-refractivity contribution is 0.00665. The molecule has 1 fully saturated rings. The highest BCUT2D eigenvalue weighted by Gasteiger charge is 2.33. The number of aryl methyl sites for hydroxylation is 2. The van der Waals surface area contributed by atoms with Crippen molar-refractivity contribution in [1.29, 1.82) is 0 Å². The maximum absolute atomic E-state index is 5.45. The molecule has 0 atom stereocenters. The van der Waals surface area contributed by atoms with Crippen LogP contribution in [0.5, 0.6) is 0 Å². The number of nitrogens with one attached hydrogen (secondary N) is 1. The summed E-state index contributed by atoms with van der Waals surface area (Å²) in [6, 6.07) is 0.442. The minimum absolute atomic E-state index is 0.376. The summed E-state index contributed by atoms with van der Waals surface area (Å²) >= 11 is 5.45. The Morgan fingerprint density at radius 1 is 1.50 bits per heavy atom. The van der Waals surface area contributed by atoms with Gasteiger partial charge in [0.1, 0.15) is 5.52 Å². The van der Waals surface area contributed by atoms with Gasteiger partial charge in [0.05, 0.1) is 11.8 Å². The van der Waals surface area contributed by atoms with E-state index in [9.17, 15) is 0 Å². The lowest BCUT2D eigenvalue weighted by Crippen LogP contribution is -2.33. The Bertz CT molecular complexity index is 632. The Morgan fingerprint density at radius 3 is 2.83 bits per heavy atom. The van der Waals surface area contributed by atoms with E-state index < -0.39 is 0 Å². The monoisotopic (exact) mass is 266 g/mol. The van der Waals surface area contributed by atoms with E-state index in [2.05, 4.69) is 21.6 Å². The first-order chi connectivity index (χ1) is 8.65. The van der Waals surface area contributed by atoms with Crippen LogP contribution in [0.25, 0.3) is 11.2 Å². The van der Waals surface area contributed by atoms with Crippen LogP contribution in [0.4, 0.5) is 0 Å². The number of aromatic nitrogens is 4. The Kier molecular flexibility index (Phi) is 2.79. The molecule has 0 aliphatic heterocycles. The summed E-state index contributed by atoms with van der Waals surface area (Å²) in [5.74, 6) is 0. The van der Waals surface area contributed by atoms with Crippen molar-refractivity contribution in [2.75, 3.05) is 7.11 Å². The molecule has 1 aliphatic rings. The van der Waals surface area contributed by atoms with Gasteiger partial charge in [-0.25, -0.2) is 4.68 Å². The molecule has 0 aromatic carbocycles. The lowest BCUT2D eigenvalue weighted by atomic mass is 9.89. The molecule has 1 N–H and O–H groups in total. The van der Waals surface area contributed by atoms with Gasteiger partial charge in [0.25, 0.3) is 0 Å². The van der Waals surface area contributed by atoms with Gasteiger partial charge in [0.2, 0.25) is 0 Å². The molecule has 3 rings (SSSR count).